The number of nitrogens with one attached hydrogen (secondary N) is 1. The fourth-order valence-corrected chi connectivity index (χ4v) is 2.91. The molecule has 0 unspecified atom stereocenters. The van der Waals surface area contributed by atoms with Gasteiger partial charge in [-0.1, -0.05) is 24.3 Å². The molecular weight excluding hydrogens is 248 g/mol. The van der Waals surface area contributed by atoms with E-state index in [2.05, 4.69) is 10.3 Å². The van der Waals surface area contributed by atoms with Crippen molar-refractivity contribution in [2.24, 2.45) is 4.99 Å². The van der Waals surface area contributed by atoms with E-state index in [0.717, 1.165) is 24.5 Å². The Morgan fingerprint density at radius 2 is 1.85 bits per heavy atom. The van der Waals surface area contributed by atoms with Crippen LogP contribution in [0.2, 0.25) is 0 Å². The van der Waals surface area contributed by atoms with Gasteiger partial charge in [-0.3, -0.25) is 4.99 Å². The molecular formula is C17H14N2O. The highest BCUT2D eigenvalue weighted by atomic mass is 16.3. The Hall–Kier alpha value is -2.55. The first kappa shape index (κ1) is 11.3. The van der Waals surface area contributed by atoms with Gasteiger partial charge in [-0.25, -0.2) is 0 Å². The number of aromatic hydroxyl groups is 1. The van der Waals surface area contributed by atoms with Crippen molar-refractivity contribution in [2.75, 3.05) is 11.9 Å². The van der Waals surface area contributed by atoms with Crippen LogP contribution in [0.1, 0.15) is 11.1 Å². The van der Waals surface area contributed by atoms with Gasteiger partial charge in [0.15, 0.2) is 0 Å². The molecule has 0 saturated heterocycles. The Morgan fingerprint density at radius 3 is 2.70 bits per heavy atom. The van der Waals surface area contributed by atoms with Crippen molar-refractivity contribution in [3.63, 3.8) is 0 Å². The molecule has 2 N–H and O–H groups in total. The first-order valence-corrected chi connectivity index (χ1v) is 6.72. The third kappa shape index (κ3) is 1.71. The lowest BCUT2D eigenvalue weighted by Gasteiger charge is -2.08. The standard InChI is InChI=1S/C17H14N2O/c20-13-6-7-14-11(8-13)9-15-16(14)10-18-17(15)19-12-4-2-1-3-5-12/h1-8,20H,9-10H2,(H,18,19). The van der Waals surface area contributed by atoms with Gasteiger partial charge in [0.1, 0.15) is 11.6 Å². The number of para-hydroxylation sites is 1. The predicted molar refractivity (Wildman–Crippen MR) is 81.1 cm³/mol. The van der Waals surface area contributed by atoms with Gasteiger partial charge in [0.05, 0.1) is 6.54 Å². The van der Waals surface area contributed by atoms with E-state index in [1.807, 2.05) is 42.5 Å². The highest BCUT2D eigenvalue weighted by molar-refractivity contribution is 6.17. The monoisotopic (exact) mass is 262 g/mol. The van der Waals surface area contributed by atoms with E-state index < -0.39 is 0 Å². The number of benzene rings is 2. The van der Waals surface area contributed by atoms with Crippen LogP contribution in [0.25, 0.3) is 5.57 Å². The maximum absolute atomic E-state index is 9.60. The average molecular weight is 262 g/mol. The van der Waals surface area contributed by atoms with Gasteiger partial charge >= 0.3 is 0 Å². The predicted octanol–water partition coefficient (Wildman–Crippen LogP) is 3.23. The van der Waals surface area contributed by atoms with Gasteiger partial charge in [-0.15, -0.1) is 0 Å². The number of phenolic OH excluding ortho intramolecular Hbond substituents is 1. The minimum Gasteiger partial charge on any atom is -0.508 e. The normalized spacial score (nSPS) is 15.9. The number of anilines is 1. The fourth-order valence-electron chi connectivity index (χ4n) is 2.91. The fraction of sp³-hybridized carbons (Fsp3) is 0.118. The summed E-state index contributed by atoms with van der Waals surface area (Å²) in [5.74, 6) is 1.29. The first-order chi connectivity index (χ1) is 9.81. The molecule has 0 aromatic heterocycles. The molecule has 1 heterocycles. The molecule has 2 aliphatic rings. The van der Waals surface area contributed by atoms with Gasteiger partial charge < -0.3 is 10.4 Å². The van der Waals surface area contributed by atoms with Crippen LogP contribution in [0, 0.1) is 0 Å². The molecule has 0 radical (unpaired) electrons. The lowest BCUT2D eigenvalue weighted by molar-refractivity contribution is 0.474. The van der Waals surface area contributed by atoms with Crippen molar-refractivity contribution in [3.8, 4) is 5.75 Å². The summed E-state index contributed by atoms with van der Waals surface area (Å²) < 4.78 is 0. The van der Waals surface area contributed by atoms with Crippen molar-refractivity contribution in [1.82, 2.24) is 0 Å². The van der Waals surface area contributed by atoms with Gasteiger partial charge in [0.2, 0.25) is 0 Å². The molecule has 2 aromatic carbocycles. The summed E-state index contributed by atoms with van der Waals surface area (Å²) in [6, 6.07) is 15.7. The number of amidine groups is 1. The van der Waals surface area contributed by atoms with E-state index in [0.29, 0.717) is 5.75 Å². The lowest BCUT2D eigenvalue weighted by Crippen LogP contribution is -2.13. The number of hydrogen-bond acceptors (Lipinski definition) is 3. The Bertz CT molecular complexity index is 745. The minimum absolute atomic E-state index is 0.333. The molecule has 0 atom stereocenters. The van der Waals surface area contributed by atoms with Crippen LogP contribution in [-0.2, 0) is 6.42 Å². The van der Waals surface area contributed by atoms with E-state index in [1.165, 1.54) is 22.3 Å². The van der Waals surface area contributed by atoms with Crippen LogP contribution in [0.3, 0.4) is 0 Å². The Morgan fingerprint density at radius 1 is 1.00 bits per heavy atom. The number of nitrogens with zero attached hydrogens (tertiary/aromatic N) is 1. The molecule has 0 spiro atoms. The van der Waals surface area contributed by atoms with E-state index in [4.69, 9.17) is 0 Å². The van der Waals surface area contributed by atoms with Crippen LogP contribution in [0.5, 0.6) is 5.75 Å². The third-order valence-electron chi connectivity index (χ3n) is 3.86. The lowest BCUT2D eigenvalue weighted by atomic mass is 10.1. The second kappa shape index (κ2) is 4.23. The third-order valence-corrected chi connectivity index (χ3v) is 3.86. The molecule has 0 saturated carbocycles. The average Bonchev–Trinajstić information content (AvgIpc) is 2.99. The molecule has 4 rings (SSSR count). The van der Waals surface area contributed by atoms with Crippen LogP contribution in [0.15, 0.2) is 59.1 Å². The zero-order valence-electron chi connectivity index (χ0n) is 10.9. The molecule has 0 fully saturated rings. The zero-order chi connectivity index (χ0) is 13.5. The summed E-state index contributed by atoms with van der Waals surface area (Å²) >= 11 is 0. The second-order valence-corrected chi connectivity index (χ2v) is 5.13. The topological polar surface area (TPSA) is 44.6 Å². The second-order valence-electron chi connectivity index (χ2n) is 5.13. The summed E-state index contributed by atoms with van der Waals surface area (Å²) in [6.07, 6.45) is 0.845. The maximum Gasteiger partial charge on any atom is 0.129 e. The van der Waals surface area contributed by atoms with Gasteiger partial charge in [0.25, 0.3) is 0 Å². The highest BCUT2D eigenvalue weighted by Gasteiger charge is 2.28. The van der Waals surface area contributed by atoms with Crippen LogP contribution in [-0.4, -0.2) is 17.5 Å². The minimum atomic E-state index is 0.333. The Kier molecular flexibility index (Phi) is 2.39. The summed E-state index contributed by atoms with van der Waals surface area (Å²) in [5.41, 5.74) is 6.02. The molecule has 1 aliphatic carbocycles. The molecule has 1 aliphatic heterocycles. The number of hydrogen-bond donors (Lipinski definition) is 2. The van der Waals surface area contributed by atoms with Gasteiger partial charge in [-0.05, 0) is 41.0 Å². The largest absolute Gasteiger partial charge is 0.508 e. The quantitative estimate of drug-likeness (QED) is 0.828. The van der Waals surface area contributed by atoms with E-state index in [9.17, 15) is 5.11 Å². The smallest absolute Gasteiger partial charge is 0.129 e. The highest BCUT2D eigenvalue weighted by Crippen LogP contribution is 2.38. The summed E-state index contributed by atoms with van der Waals surface area (Å²) in [4.78, 5) is 4.61. The number of aliphatic imine (C=N–C) groups is 1. The summed E-state index contributed by atoms with van der Waals surface area (Å²) in [6.45, 7) is 0.724. The molecule has 3 heteroatoms. The van der Waals surface area contributed by atoms with Crippen molar-refractivity contribution >= 4 is 17.1 Å². The maximum atomic E-state index is 9.60. The first-order valence-electron chi connectivity index (χ1n) is 6.72. The van der Waals surface area contributed by atoms with Crippen molar-refractivity contribution in [1.29, 1.82) is 0 Å². The molecule has 0 amide bonds. The molecule has 2 aromatic rings. The SMILES string of the molecule is Oc1ccc2c(c1)CC1=C2CN=C1Nc1ccccc1. The van der Waals surface area contributed by atoms with Gasteiger partial charge in [0, 0.05) is 17.7 Å². The molecule has 3 nitrogen and oxygen atoms in total. The van der Waals surface area contributed by atoms with Crippen LogP contribution in [0.4, 0.5) is 5.69 Å². The van der Waals surface area contributed by atoms with E-state index in [-0.39, 0.29) is 0 Å². The molecule has 20 heavy (non-hydrogen) atoms. The van der Waals surface area contributed by atoms with Gasteiger partial charge in [-0.2, -0.15) is 0 Å². The summed E-state index contributed by atoms with van der Waals surface area (Å²) in [5, 5.41) is 13.0. The Balaban J connectivity index is 1.65. The van der Waals surface area contributed by atoms with Crippen molar-refractivity contribution < 1.29 is 5.11 Å². The van der Waals surface area contributed by atoms with Crippen molar-refractivity contribution in [2.45, 2.75) is 6.42 Å². The molecule has 98 valence electrons. The van der Waals surface area contributed by atoms with Crippen molar-refractivity contribution in [3.05, 3.63) is 65.2 Å². The Labute approximate surface area is 117 Å². The zero-order valence-corrected chi connectivity index (χ0v) is 10.9. The number of rotatable bonds is 1. The van der Waals surface area contributed by atoms with Crippen LogP contribution >= 0.6 is 0 Å². The van der Waals surface area contributed by atoms with E-state index in [1.54, 1.807) is 6.07 Å². The molecule has 0 bridgehead atoms. The number of phenols is 1. The van der Waals surface area contributed by atoms with Crippen LogP contribution < -0.4 is 5.32 Å². The van der Waals surface area contributed by atoms with E-state index >= 15 is 0 Å². The number of fused-ring (bicyclic) bond motifs is 2. The summed E-state index contributed by atoms with van der Waals surface area (Å²) in [7, 11) is 0.